The van der Waals surface area contributed by atoms with E-state index in [0.717, 1.165) is 12.1 Å². The quantitative estimate of drug-likeness (QED) is 0.551. The molecule has 0 aromatic heterocycles. The van der Waals surface area contributed by atoms with Gasteiger partial charge in [-0.1, -0.05) is 23.7 Å². The minimum Gasteiger partial charge on any atom is -0.406 e. The first-order valence-electron chi connectivity index (χ1n) is 7.09. The van der Waals surface area contributed by atoms with E-state index >= 15 is 0 Å². The lowest BCUT2D eigenvalue weighted by Gasteiger charge is -2.11. The average molecular weight is 374 g/mol. The second-order valence-corrected chi connectivity index (χ2v) is 5.43. The normalized spacial score (nSPS) is 13.4. The predicted molar refractivity (Wildman–Crippen MR) is 89.6 cm³/mol. The number of ether oxygens (including phenoxy) is 1. The molecule has 0 amide bonds. The summed E-state index contributed by atoms with van der Waals surface area (Å²) in [5, 5.41) is 13.3. The first kappa shape index (κ1) is 18.9. The zero-order chi connectivity index (χ0) is 18.4. The van der Waals surface area contributed by atoms with E-state index in [1.54, 1.807) is 24.3 Å². The highest BCUT2D eigenvalue weighted by molar-refractivity contribution is 6.30. The van der Waals surface area contributed by atoms with Gasteiger partial charge in [0.05, 0.1) is 12.6 Å². The molecule has 0 saturated carbocycles. The average Bonchev–Trinajstić information content (AvgIpc) is 2.54. The third kappa shape index (κ3) is 6.52. The highest BCUT2D eigenvalue weighted by atomic mass is 35.5. The Morgan fingerprint density at radius 2 is 1.76 bits per heavy atom. The molecule has 134 valence electrons. The summed E-state index contributed by atoms with van der Waals surface area (Å²) in [6.45, 7) is 0.00966. The molecule has 0 fully saturated rings. The summed E-state index contributed by atoms with van der Waals surface area (Å²) in [7, 11) is 0. The monoisotopic (exact) mass is 373 g/mol. The fraction of sp³-hybridized carbons (Fsp3) is 0.188. The van der Waals surface area contributed by atoms with Crippen molar-refractivity contribution in [3.05, 3.63) is 59.1 Å². The number of nitrogens with zero attached hydrogens (tertiary/aromatic N) is 1. The van der Waals surface area contributed by atoms with Gasteiger partial charge in [0.15, 0.2) is 5.96 Å². The number of rotatable bonds is 5. The van der Waals surface area contributed by atoms with Crippen LogP contribution in [-0.4, -0.2) is 24.0 Å². The molecule has 1 unspecified atom stereocenters. The number of hydrogen-bond acceptors (Lipinski definition) is 3. The van der Waals surface area contributed by atoms with Crippen LogP contribution in [0.4, 0.5) is 18.9 Å². The summed E-state index contributed by atoms with van der Waals surface area (Å²) >= 11 is 5.77. The summed E-state index contributed by atoms with van der Waals surface area (Å²) in [6, 6.07) is 11.7. The van der Waals surface area contributed by atoms with Crippen molar-refractivity contribution in [2.75, 3.05) is 11.9 Å². The molecule has 0 aliphatic carbocycles. The van der Waals surface area contributed by atoms with Gasteiger partial charge in [-0.25, -0.2) is 0 Å². The van der Waals surface area contributed by atoms with E-state index in [0.29, 0.717) is 16.3 Å². The van der Waals surface area contributed by atoms with E-state index in [9.17, 15) is 18.3 Å². The third-order valence-corrected chi connectivity index (χ3v) is 3.30. The van der Waals surface area contributed by atoms with Crippen molar-refractivity contribution < 1.29 is 23.0 Å². The van der Waals surface area contributed by atoms with Crippen molar-refractivity contribution in [1.82, 2.24) is 0 Å². The van der Waals surface area contributed by atoms with Gasteiger partial charge >= 0.3 is 6.36 Å². The van der Waals surface area contributed by atoms with Gasteiger partial charge in [0.1, 0.15) is 5.75 Å². The maximum absolute atomic E-state index is 12.1. The van der Waals surface area contributed by atoms with Gasteiger partial charge in [-0.3, -0.25) is 4.99 Å². The highest BCUT2D eigenvalue weighted by Crippen LogP contribution is 2.24. The molecule has 0 heterocycles. The van der Waals surface area contributed by atoms with Crippen molar-refractivity contribution in [2.45, 2.75) is 12.5 Å². The number of anilines is 1. The van der Waals surface area contributed by atoms with Crippen LogP contribution in [0.1, 0.15) is 11.7 Å². The number of aliphatic hydroxyl groups is 1. The number of alkyl halides is 3. The third-order valence-electron chi connectivity index (χ3n) is 3.05. The van der Waals surface area contributed by atoms with E-state index in [4.69, 9.17) is 17.3 Å². The van der Waals surface area contributed by atoms with Crippen molar-refractivity contribution in [3.8, 4) is 5.75 Å². The Morgan fingerprint density at radius 3 is 2.32 bits per heavy atom. The molecule has 0 aliphatic heterocycles. The fourth-order valence-electron chi connectivity index (χ4n) is 1.90. The molecule has 0 saturated heterocycles. The summed E-state index contributed by atoms with van der Waals surface area (Å²) in [4.78, 5) is 3.99. The standard InChI is InChI=1S/C16H15ClF3N3O2/c17-11-3-1-10(2-4-11)14(24)9-22-15(21)23-12-5-7-13(8-6-12)25-16(18,19)20/h1-8,14,24H,9H2,(H3,21,22,23). The van der Waals surface area contributed by atoms with Gasteiger partial charge in [-0.15, -0.1) is 13.2 Å². The van der Waals surface area contributed by atoms with Crippen LogP contribution in [-0.2, 0) is 0 Å². The summed E-state index contributed by atoms with van der Waals surface area (Å²) < 4.78 is 40.0. The topological polar surface area (TPSA) is 79.9 Å². The zero-order valence-electron chi connectivity index (χ0n) is 12.8. The van der Waals surface area contributed by atoms with Gasteiger partial charge in [0.2, 0.25) is 0 Å². The highest BCUT2D eigenvalue weighted by Gasteiger charge is 2.30. The van der Waals surface area contributed by atoms with Crippen LogP contribution in [0.5, 0.6) is 5.75 Å². The van der Waals surface area contributed by atoms with Crippen molar-refractivity contribution in [3.63, 3.8) is 0 Å². The van der Waals surface area contributed by atoms with Crippen LogP contribution >= 0.6 is 11.6 Å². The minimum atomic E-state index is -4.74. The van der Waals surface area contributed by atoms with Crippen LogP contribution in [0.3, 0.4) is 0 Å². The molecular weight excluding hydrogens is 359 g/mol. The summed E-state index contributed by atoms with van der Waals surface area (Å²) in [5.74, 6) is -0.329. The lowest BCUT2D eigenvalue weighted by Crippen LogP contribution is -2.23. The molecular formula is C16H15ClF3N3O2. The molecule has 2 aromatic carbocycles. The zero-order valence-corrected chi connectivity index (χ0v) is 13.6. The Hall–Kier alpha value is -2.45. The largest absolute Gasteiger partial charge is 0.573 e. The van der Waals surface area contributed by atoms with Gasteiger partial charge in [0, 0.05) is 10.7 Å². The van der Waals surface area contributed by atoms with E-state index in [1.807, 2.05) is 0 Å². The van der Waals surface area contributed by atoms with Gasteiger partial charge in [0.25, 0.3) is 0 Å². The molecule has 0 bridgehead atoms. The number of aliphatic hydroxyl groups excluding tert-OH is 1. The van der Waals surface area contributed by atoms with Crippen molar-refractivity contribution in [1.29, 1.82) is 0 Å². The smallest absolute Gasteiger partial charge is 0.406 e. The molecule has 0 radical (unpaired) electrons. The van der Waals surface area contributed by atoms with Crippen LogP contribution in [0.25, 0.3) is 0 Å². The van der Waals surface area contributed by atoms with Gasteiger partial charge in [-0.05, 0) is 42.0 Å². The number of hydrogen-bond donors (Lipinski definition) is 3. The molecule has 5 nitrogen and oxygen atoms in total. The Bertz CT molecular complexity index is 719. The number of nitrogens with one attached hydrogen (secondary N) is 1. The number of guanidine groups is 1. The first-order chi connectivity index (χ1) is 11.7. The predicted octanol–water partition coefficient (Wildman–Crippen LogP) is 3.70. The molecule has 0 spiro atoms. The minimum absolute atomic E-state index is 0.00966. The number of nitrogens with two attached hydrogens (primary N) is 1. The number of halogens is 4. The van der Waals surface area contributed by atoms with Gasteiger partial charge in [-0.2, -0.15) is 0 Å². The lowest BCUT2D eigenvalue weighted by molar-refractivity contribution is -0.274. The molecule has 2 rings (SSSR count). The van der Waals surface area contributed by atoms with Crippen molar-refractivity contribution in [2.24, 2.45) is 10.7 Å². The Labute approximate surface area is 146 Å². The van der Waals surface area contributed by atoms with E-state index in [1.165, 1.54) is 12.1 Å². The van der Waals surface area contributed by atoms with E-state index in [-0.39, 0.29) is 18.3 Å². The van der Waals surface area contributed by atoms with Crippen LogP contribution < -0.4 is 15.8 Å². The maximum Gasteiger partial charge on any atom is 0.573 e. The van der Waals surface area contributed by atoms with E-state index in [2.05, 4.69) is 15.0 Å². The Kier molecular flexibility index (Phi) is 6.11. The fourth-order valence-corrected chi connectivity index (χ4v) is 2.03. The Balaban J connectivity index is 1.91. The molecule has 2 aromatic rings. The first-order valence-corrected chi connectivity index (χ1v) is 7.47. The Morgan fingerprint density at radius 1 is 1.16 bits per heavy atom. The van der Waals surface area contributed by atoms with Crippen LogP contribution in [0.2, 0.25) is 5.02 Å². The number of aliphatic imine (C=N–C) groups is 1. The van der Waals surface area contributed by atoms with Crippen LogP contribution in [0.15, 0.2) is 53.5 Å². The maximum atomic E-state index is 12.1. The summed E-state index contributed by atoms with van der Waals surface area (Å²) in [6.07, 6.45) is -5.60. The molecule has 9 heteroatoms. The molecule has 4 N–H and O–H groups in total. The van der Waals surface area contributed by atoms with Crippen LogP contribution in [0, 0.1) is 0 Å². The lowest BCUT2D eigenvalue weighted by atomic mass is 10.1. The molecule has 25 heavy (non-hydrogen) atoms. The molecule has 0 aliphatic rings. The van der Waals surface area contributed by atoms with Gasteiger partial charge < -0.3 is 20.9 Å². The second-order valence-electron chi connectivity index (χ2n) is 4.99. The second kappa shape index (κ2) is 8.09. The SMILES string of the molecule is NC(=NCC(O)c1ccc(Cl)cc1)Nc1ccc(OC(F)(F)F)cc1. The van der Waals surface area contributed by atoms with E-state index < -0.39 is 12.5 Å². The molecule has 1 atom stereocenters. The van der Waals surface area contributed by atoms with Crippen molar-refractivity contribution >= 4 is 23.2 Å². The number of benzene rings is 2. The summed E-state index contributed by atoms with van der Waals surface area (Å²) in [5.41, 5.74) is 6.75.